The van der Waals surface area contributed by atoms with E-state index in [0.29, 0.717) is 5.92 Å². The van der Waals surface area contributed by atoms with E-state index >= 15 is 0 Å². The quantitative estimate of drug-likeness (QED) is 0.491. The van der Waals surface area contributed by atoms with E-state index in [2.05, 4.69) is 19.6 Å². The van der Waals surface area contributed by atoms with Crippen LogP contribution in [0.1, 0.15) is 25.3 Å². The van der Waals surface area contributed by atoms with Crippen LogP contribution in [0.25, 0.3) is 0 Å². The summed E-state index contributed by atoms with van der Waals surface area (Å²) in [7, 11) is 0. The van der Waals surface area contributed by atoms with Crippen molar-refractivity contribution in [1.82, 2.24) is 0 Å². The monoisotopic (exact) mass is 252 g/mol. The van der Waals surface area contributed by atoms with E-state index < -0.39 is 0 Å². The molecular weight excluding hydrogens is 232 g/mol. The number of allylic oxidation sites excluding steroid dienone is 1. The second-order valence-electron chi connectivity index (χ2n) is 4.32. The Hall–Kier alpha value is -0.950. The lowest BCUT2D eigenvalue weighted by atomic mass is 10.1. The van der Waals surface area contributed by atoms with Gasteiger partial charge in [0, 0.05) is 5.88 Å². The standard InChI is InChI=1S/C15H21ClO/c1-3-6-14-7-4-5-8-15(14)17-12-10-13(2)9-11-16/h3-5,7-8,13H,1,6,9-12H2,2H3. The number of rotatable bonds is 8. The summed E-state index contributed by atoms with van der Waals surface area (Å²) in [5, 5.41) is 0. The molecule has 94 valence electrons. The third kappa shape index (κ3) is 5.27. The van der Waals surface area contributed by atoms with Gasteiger partial charge in [-0.25, -0.2) is 0 Å². The molecule has 0 fully saturated rings. The molecule has 0 spiro atoms. The smallest absolute Gasteiger partial charge is 0.122 e. The maximum Gasteiger partial charge on any atom is 0.122 e. The zero-order valence-corrected chi connectivity index (χ0v) is 11.2. The van der Waals surface area contributed by atoms with Crippen LogP contribution in [0, 0.1) is 5.92 Å². The van der Waals surface area contributed by atoms with Crippen molar-refractivity contribution in [2.75, 3.05) is 12.5 Å². The Kier molecular flexibility index (Phi) is 6.80. The van der Waals surface area contributed by atoms with Crippen molar-refractivity contribution in [2.45, 2.75) is 26.2 Å². The van der Waals surface area contributed by atoms with Crippen molar-refractivity contribution in [3.05, 3.63) is 42.5 Å². The lowest BCUT2D eigenvalue weighted by molar-refractivity contribution is 0.280. The summed E-state index contributed by atoms with van der Waals surface area (Å²) >= 11 is 5.71. The summed E-state index contributed by atoms with van der Waals surface area (Å²) in [6.07, 6.45) is 4.86. The SMILES string of the molecule is C=CCc1ccccc1OCCC(C)CCCl. The van der Waals surface area contributed by atoms with Crippen LogP contribution < -0.4 is 4.74 Å². The van der Waals surface area contributed by atoms with Gasteiger partial charge in [-0.05, 0) is 36.8 Å². The molecule has 17 heavy (non-hydrogen) atoms. The van der Waals surface area contributed by atoms with Crippen LogP contribution in [0.15, 0.2) is 36.9 Å². The number of hydrogen-bond acceptors (Lipinski definition) is 1. The molecule has 1 aromatic carbocycles. The Balaban J connectivity index is 2.42. The lowest BCUT2D eigenvalue weighted by Gasteiger charge is -2.13. The average molecular weight is 253 g/mol. The predicted octanol–water partition coefficient (Wildman–Crippen LogP) is 4.45. The molecule has 1 nitrogen and oxygen atoms in total. The van der Waals surface area contributed by atoms with Crippen molar-refractivity contribution in [3.8, 4) is 5.75 Å². The van der Waals surface area contributed by atoms with Gasteiger partial charge in [0.25, 0.3) is 0 Å². The van der Waals surface area contributed by atoms with Crippen molar-refractivity contribution in [1.29, 1.82) is 0 Å². The third-order valence-corrected chi connectivity index (χ3v) is 3.03. The van der Waals surface area contributed by atoms with Gasteiger partial charge in [-0.15, -0.1) is 18.2 Å². The molecule has 0 bridgehead atoms. The zero-order valence-electron chi connectivity index (χ0n) is 10.5. The van der Waals surface area contributed by atoms with Gasteiger partial charge in [0.15, 0.2) is 0 Å². The summed E-state index contributed by atoms with van der Waals surface area (Å²) in [5.41, 5.74) is 1.20. The van der Waals surface area contributed by atoms with Gasteiger partial charge in [-0.2, -0.15) is 0 Å². The minimum atomic E-state index is 0.624. The molecule has 1 rings (SSSR count). The van der Waals surface area contributed by atoms with Crippen molar-refractivity contribution in [2.24, 2.45) is 5.92 Å². The number of alkyl halides is 1. The summed E-state index contributed by atoms with van der Waals surface area (Å²) < 4.78 is 5.82. The minimum absolute atomic E-state index is 0.624. The molecule has 0 radical (unpaired) electrons. The number of halogens is 1. The highest BCUT2D eigenvalue weighted by atomic mass is 35.5. The van der Waals surface area contributed by atoms with Gasteiger partial charge in [0.2, 0.25) is 0 Å². The van der Waals surface area contributed by atoms with Crippen molar-refractivity contribution < 1.29 is 4.74 Å². The van der Waals surface area contributed by atoms with Crippen molar-refractivity contribution in [3.63, 3.8) is 0 Å². The van der Waals surface area contributed by atoms with Crippen LogP contribution in [0.2, 0.25) is 0 Å². The van der Waals surface area contributed by atoms with Gasteiger partial charge in [0.05, 0.1) is 6.61 Å². The van der Waals surface area contributed by atoms with E-state index in [-0.39, 0.29) is 0 Å². The molecule has 0 aliphatic carbocycles. The number of para-hydroxylation sites is 1. The van der Waals surface area contributed by atoms with Gasteiger partial charge < -0.3 is 4.74 Å². The Morgan fingerprint density at radius 2 is 2.12 bits per heavy atom. The van der Waals surface area contributed by atoms with E-state index in [0.717, 1.165) is 37.5 Å². The Morgan fingerprint density at radius 1 is 1.35 bits per heavy atom. The van der Waals surface area contributed by atoms with Crippen LogP contribution in [-0.4, -0.2) is 12.5 Å². The highest BCUT2D eigenvalue weighted by Crippen LogP contribution is 2.19. The average Bonchev–Trinajstić information content (AvgIpc) is 2.32. The molecule has 0 aliphatic rings. The fraction of sp³-hybridized carbons (Fsp3) is 0.467. The third-order valence-electron chi connectivity index (χ3n) is 2.81. The molecule has 2 heteroatoms. The Labute approximate surface area is 109 Å². The summed E-state index contributed by atoms with van der Waals surface area (Å²) in [6, 6.07) is 8.14. The maximum atomic E-state index is 5.82. The lowest BCUT2D eigenvalue weighted by Crippen LogP contribution is -2.05. The fourth-order valence-corrected chi connectivity index (χ4v) is 2.04. The van der Waals surface area contributed by atoms with Crippen LogP contribution in [0.5, 0.6) is 5.75 Å². The van der Waals surface area contributed by atoms with E-state index in [1.165, 1.54) is 5.56 Å². The minimum Gasteiger partial charge on any atom is -0.493 e. The van der Waals surface area contributed by atoms with Gasteiger partial charge in [0.1, 0.15) is 5.75 Å². The summed E-state index contributed by atoms with van der Waals surface area (Å²) in [4.78, 5) is 0. The molecule has 0 saturated heterocycles. The summed E-state index contributed by atoms with van der Waals surface area (Å²) in [5.74, 6) is 2.33. The molecule has 0 aromatic heterocycles. The van der Waals surface area contributed by atoms with E-state index in [4.69, 9.17) is 16.3 Å². The second-order valence-corrected chi connectivity index (χ2v) is 4.70. The zero-order chi connectivity index (χ0) is 12.5. The first-order valence-corrected chi connectivity index (χ1v) is 6.69. The largest absolute Gasteiger partial charge is 0.493 e. The van der Waals surface area contributed by atoms with Gasteiger partial charge >= 0.3 is 0 Å². The fourth-order valence-electron chi connectivity index (χ4n) is 1.67. The highest BCUT2D eigenvalue weighted by molar-refractivity contribution is 6.17. The Bertz CT molecular complexity index is 335. The van der Waals surface area contributed by atoms with Crippen LogP contribution in [-0.2, 0) is 6.42 Å². The van der Waals surface area contributed by atoms with Gasteiger partial charge in [-0.3, -0.25) is 0 Å². The Morgan fingerprint density at radius 3 is 2.82 bits per heavy atom. The van der Waals surface area contributed by atoms with Crippen LogP contribution in [0.3, 0.4) is 0 Å². The normalized spacial score (nSPS) is 12.1. The maximum absolute atomic E-state index is 5.82. The molecule has 0 saturated carbocycles. The van der Waals surface area contributed by atoms with Crippen LogP contribution >= 0.6 is 11.6 Å². The first-order valence-electron chi connectivity index (χ1n) is 6.15. The number of ether oxygens (including phenoxy) is 1. The van der Waals surface area contributed by atoms with Gasteiger partial charge in [-0.1, -0.05) is 31.2 Å². The molecule has 0 heterocycles. The first-order chi connectivity index (χ1) is 8.27. The number of benzene rings is 1. The molecule has 0 N–H and O–H groups in total. The van der Waals surface area contributed by atoms with E-state index in [1.807, 2.05) is 24.3 Å². The van der Waals surface area contributed by atoms with E-state index in [1.54, 1.807) is 0 Å². The summed E-state index contributed by atoms with van der Waals surface area (Å²) in [6.45, 7) is 6.73. The second kappa shape index (κ2) is 8.19. The van der Waals surface area contributed by atoms with E-state index in [9.17, 15) is 0 Å². The number of hydrogen-bond donors (Lipinski definition) is 0. The van der Waals surface area contributed by atoms with Crippen LogP contribution in [0.4, 0.5) is 0 Å². The molecule has 0 aliphatic heterocycles. The molecule has 1 unspecified atom stereocenters. The predicted molar refractivity (Wildman–Crippen MR) is 75.0 cm³/mol. The molecule has 1 aromatic rings. The molecule has 0 amide bonds. The molecular formula is C15H21ClO. The van der Waals surface area contributed by atoms with Crippen molar-refractivity contribution >= 4 is 11.6 Å². The first kappa shape index (κ1) is 14.1. The highest BCUT2D eigenvalue weighted by Gasteiger charge is 2.04. The molecule has 1 atom stereocenters. The topological polar surface area (TPSA) is 9.23 Å².